The Kier molecular flexibility index (Phi) is 3.52. The Morgan fingerprint density at radius 1 is 1.26 bits per heavy atom. The van der Waals surface area contributed by atoms with Gasteiger partial charge in [-0.05, 0) is 43.4 Å². The molecule has 4 nitrogen and oxygen atoms in total. The molecule has 0 spiro atoms. The van der Waals surface area contributed by atoms with Crippen molar-refractivity contribution in [3.8, 4) is 5.75 Å². The molecule has 4 rings (SSSR count). The van der Waals surface area contributed by atoms with Gasteiger partial charge in [0.25, 0.3) is 0 Å². The Morgan fingerprint density at radius 2 is 2.09 bits per heavy atom. The van der Waals surface area contributed by atoms with Gasteiger partial charge in [0.05, 0.1) is 25.9 Å². The lowest BCUT2D eigenvalue weighted by Gasteiger charge is -2.49. The highest BCUT2D eigenvalue weighted by molar-refractivity contribution is 5.42. The first-order valence-electron chi connectivity index (χ1n) is 8.47. The van der Waals surface area contributed by atoms with E-state index in [1.54, 1.807) is 7.11 Å². The van der Waals surface area contributed by atoms with E-state index in [2.05, 4.69) is 6.07 Å². The number of rotatable bonds is 3. The van der Waals surface area contributed by atoms with Gasteiger partial charge in [0, 0.05) is 5.41 Å². The molecule has 4 atom stereocenters. The van der Waals surface area contributed by atoms with Gasteiger partial charge in [0.1, 0.15) is 11.4 Å². The van der Waals surface area contributed by atoms with Crippen LogP contribution >= 0.6 is 0 Å². The molecular formula is C19H24O4. The summed E-state index contributed by atoms with van der Waals surface area (Å²) >= 11 is 0. The van der Waals surface area contributed by atoms with Crippen molar-refractivity contribution < 1.29 is 19.7 Å². The Balaban J connectivity index is 1.81. The lowest BCUT2D eigenvalue weighted by atomic mass is 9.56. The second-order valence-electron chi connectivity index (χ2n) is 7.09. The van der Waals surface area contributed by atoms with E-state index in [0.29, 0.717) is 13.0 Å². The maximum atomic E-state index is 10.3. The van der Waals surface area contributed by atoms with E-state index in [4.69, 9.17) is 9.47 Å². The number of benzene rings is 1. The first-order valence-corrected chi connectivity index (χ1v) is 8.47. The Morgan fingerprint density at radius 3 is 2.83 bits per heavy atom. The summed E-state index contributed by atoms with van der Waals surface area (Å²) in [7, 11) is 1.67. The highest BCUT2D eigenvalue weighted by Crippen LogP contribution is 2.64. The Hall–Kier alpha value is -1.36. The summed E-state index contributed by atoms with van der Waals surface area (Å²) in [5.41, 5.74) is 1.81. The van der Waals surface area contributed by atoms with Crippen molar-refractivity contribution in [2.45, 2.75) is 49.9 Å². The van der Waals surface area contributed by atoms with Crippen LogP contribution in [0.4, 0.5) is 0 Å². The van der Waals surface area contributed by atoms with E-state index in [1.165, 1.54) is 5.57 Å². The number of aliphatic hydroxyl groups is 2. The van der Waals surface area contributed by atoms with E-state index in [0.717, 1.165) is 37.0 Å². The van der Waals surface area contributed by atoms with Crippen molar-refractivity contribution in [2.24, 2.45) is 5.41 Å². The molecule has 1 aliphatic heterocycles. The molecule has 0 bridgehead atoms. The van der Waals surface area contributed by atoms with Gasteiger partial charge < -0.3 is 19.7 Å². The topological polar surface area (TPSA) is 62.2 Å². The van der Waals surface area contributed by atoms with E-state index >= 15 is 0 Å². The molecule has 1 saturated carbocycles. The Labute approximate surface area is 136 Å². The monoisotopic (exact) mass is 316 g/mol. The van der Waals surface area contributed by atoms with Crippen molar-refractivity contribution in [2.75, 3.05) is 13.7 Å². The van der Waals surface area contributed by atoms with Crippen molar-refractivity contribution in [3.63, 3.8) is 0 Å². The molecule has 124 valence electrons. The van der Waals surface area contributed by atoms with Gasteiger partial charge in [-0.25, -0.2) is 0 Å². The lowest BCUT2D eigenvalue weighted by Crippen LogP contribution is -2.48. The Bertz CT molecular complexity index is 634. The number of epoxide rings is 1. The van der Waals surface area contributed by atoms with Gasteiger partial charge in [0.2, 0.25) is 0 Å². The van der Waals surface area contributed by atoms with Gasteiger partial charge in [0.15, 0.2) is 0 Å². The summed E-state index contributed by atoms with van der Waals surface area (Å²) < 4.78 is 11.5. The average Bonchev–Trinajstić information content (AvgIpc) is 3.38. The van der Waals surface area contributed by atoms with Gasteiger partial charge >= 0.3 is 0 Å². The van der Waals surface area contributed by atoms with Gasteiger partial charge in [-0.15, -0.1) is 0 Å². The van der Waals surface area contributed by atoms with Crippen molar-refractivity contribution in [1.82, 2.24) is 0 Å². The molecule has 23 heavy (non-hydrogen) atoms. The molecule has 2 N–H and O–H groups in total. The minimum Gasteiger partial charge on any atom is -0.497 e. The molecule has 1 heterocycles. The smallest absolute Gasteiger partial charge is 0.126 e. The van der Waals surface area contributed by atoms with E-state index in [-0.39, 0.29) is 11.0 Å². The molecule has 4 heteroatoms. The number of fused-ring (bicyclic) bond motifs is 1. The third kappa shape index (κ3) is 2.16. The second-order valence-corrected chi connectivity index (χ2v) is 7.09. The zero-order valence-electron chi connectivity index (χ0n) is 13.5. The molecule has 0 amide bonds. The zero-order valence-corrected chi connectivity index (χ0v) is 13.5. The lowest BCUT2D eigenvalue weighted by molar-refractivity contribution is -0.0291. The minimum absolute atomic E-state index is 0.198. The predicted octanol–water partition coefficient (Wildman–Crippen LogP) is 2.53. The number of hydrogen-bond acceptors (Lipinski definition) is 4. The molecular weight excluding hydrogens is 292 g/mol. The van der Waals surface area contributed by atoms with Crippen LogP contribution in [-0.2, 0) is 10.3 Å². The molecule has 3 aliphatic rings. The highest BCUT2D eigenvalue weighted by Gasteiger charge is 2.65. The van der Waals surface area contributed by atoms with Gasteiger partial charge in [-0.2, -0.15) is 0 Å². The fourth-order valence-corrected chi connectivity index (χ4v) is 4.70. The third-order valence-electron chi connectivity index (χ3n) is 5.98. The molecule has 0 radical (unpaired) electrons. The van der Waals surface area contributed by atoms with Crippen LogP contribution in [0.15, 0.2) is 35.9 Å². The first-order chi connectivity index (χ1) is 11.1. The highest BCUT2D eigenvalue weighted by atomic mass is 16.6. The maximum absolute atomic E-state index is 10.3. The van der Waals surface area contributed by atoms with Crippen molar-refractivity contribution in [3.05, 3.63) is 41.5 Å². The van der Waals surface area contributed by atoms with Crippen LogP contribution < -0.4 is 4.74 Å². The van der Waals surface area contributed by atoms with Gasteiger partial charge in [-0.1, -0.05) is 30.2 Å². The fraction of sp³-hybridized carbons (Fsp3) is 0.579. The molecule has 1 aromatic rings. The molecule has 4 unspecified atom stereocenters. The normalized spacial score (nSPS) is 39.3. The van der Waals surface area contributed by atoms with Crippen LogP contribution in [0.25, 0.3) is 0 Å². The molecule has 1 aromatic carbocycles. The number of aliphatic hydroxyl groups excluding tert-OH is 2. The van der Waals surface area contributed by atoms with E-state index < -0.39 is 12.2 Å². The number of ether oxygens (including phenoxy) is 2. The van der Waals surface area contributed by atoms with Crippen LogP contribution in [-0.4, -0.2) is 36.1 Å². The summed E-state index contributed by atoms with van der Waals surface area (Å²) in [6, 6.07) is 8.07. The van der Waals surface area contributed by atoms with E-state index in [9.17, 15) is 10.2 Å². The van der Waals surface area contributed by atoms with Crippen LogP contribution in [0.2, 0.25) is 0 Å². The maximum Gasteiger partial charge on any atom is 0.126 e. The van der Waals surface area contributed by atoms with Crippen molar-refractivity contribution in [1.29, 1.82) is 0 Å². The van der Waals surface area contributed by atoms with Gasteiger partial charge in [-0.3, -0.25) is 0 Å². The van der Waals surface area contributed by atoms with Crippen LogP contribution in [0.3, 0.4) is 0 Å². The summed E-state index contributed by atoms with van der Waals surface area (Å²) in [4.78, 5) is 0. The van der Waals surface area contributed by atoms with Crippen LogP contribution in [0, 0.1) is 5.41 Å². The molecule has 0 aromatic heterocycles. The first kappa shape index (κ1) is 15.2. The standard InChI is InChI=1S/C19H24O4/c1-22-15-7-4-6-14(9-15)19(12-23-19)18-8-3-2-5-13(18)10-16(20)17(21)11-18/h4,6-7,9-10,16-17,20-21H,2-3,5,8,11-12H2,1H3. The largest absolute Gasteiger partial charge is 0.497 e. The average molecular weight is 316 g/mol. The summed E-state index contributed by atoms with van der Waals surface area (Å²) in [5, 5.41) is 20.4. The summed E-state index contributed by atoms with van der Waals surface area (Å²) in [6.07, 6.45) is 5.24. The summed E-state index contributed by atoms with van der Waals surface area (Å²) in [6.45, 7) is 0.667. The second kappa shape index (κ2) is 5.33. The van der Waals surface area contributed by atoms with Crippen LogP contribution in [0.1, 0.15) is 37.7 Å². The third-order valence-corrected chi connectivity index (χ3v) is 5.98. The molecule has 1 saturated heterocycles. The molecule has 2 aliphatic carbocycles. The quantitative estimate of drug-likeness (QED) is 0.664. The SMILES string of the molecule is COc1cccc(C2(C34CCCCC3=CC(O)C(O)C4)CO2)c1. The van der Waals surface area contributed by atoms with Crippen LogP contribution in [0.5, 0.6) is 5.75 Å². The zero-order chi connectivity index (χ0) is 16.1. The summed E-state index contributed by atoms with van der Waals surface area (Å²) in [5.74, 6) is 0.825. The fourth-order valence-electron chi connectivity index (χ4n) is 4.70. The van der Waals surface area contributed by atoms with E-state index in [1.807, 2.05) is 24.3 Å². The predicted molar refractivity (Wildman–Crippen MR) is 86.2 cm³/mol. The van der Waals surface area contributed by atoms with Crippen molar-refractivity contribution >= 4 is 0 Å². The number of methoxy groups -OCH3 is 1. The molecule has 2 fully saturated rings. The minimum atomic E-state index is -0.752. The number of hydrogen-bond donors (Lipinski definition) is 2.